The van der Waals surface area contributed by atoms with E-state index in [-0.39, 0.29) is 0 Å². The summed E-state index contributed by atoms with van der Waals surface area (Å²) in [4.78, 5) is 8.48. The van der Waals surface area contributed by atoms with E-state index in [9.17, 15) is 0 Å². The van der Waals surface area contributed by atoms with Crippen molar-refractivity contribution in [1.29, 1.82) is 0 Å². The van der Waals surface area contributed by atoms with Gasteiger partial charge in [0.05, 0.1) is 0 Å². The molecular formula is C13H16N4O2. The SMILES string of the molecule is NC1(c2nc(Cc3cccnc3)no2)CCOCC1. The number of nitrogens with zero attached hydrogens (tertiary/aromatic N) is 3. The van der Waals surface area contributed by atoms with Gasteiger partial charge in [-0.2, -0.15) is 4.98 Å². The zero-order valence-corrected chi connectivity index (χ0v) is 10.6. The zero-order valence-electron chi connectivity index (χ0n) is 10.6. The van der Waals surface area contributed by atoms with Crippen molar-refractivity contribution in [3.63, 3.8) is 0 Å². The van der Waals surface area contributed by atoms with Crippen molar-refractivity contribution in [2.45, 2.75) is 24.8 Å². The molecule has 2 aromatic heterocycles. The normalized spacial score (nSPS) is 18.4. The summed E-state index contributed by atoms with van der Waals surface area (Å²) in [6.45, 7) is 1.27. The Morgan fingerprint density at radius 3 is 2.89 bits per heavy atom. The van der Waals surface area contributed by atoms with Gasteiger partial charge in [-0.3, -0.25) is 4.98 Å². The van der Waals surface area contributed by atoms with Gasteiger partial charge in [-0.05, 0) is 24.5 Å². The van der Waals surface area contributed by atoms with Gasteiger partial charge >= 0.3 is 0 Å². The van der Waals surface area contributed by atoms with Crippen molar-refractivity contribution in [3.8, 4) is 0 Å². The van der Waals surface area contributed by atoms with Gasteiger partial charge in [0.15, 0.2) is 5.82 Å². The Morgan fingerprint density at radius 2 is 2.16 bits per heavy atom. The first-order chi connectivity index (χ1) is 9.26. The van der Waals surface area contributed by atoms with Gasteiger partial charge in [-0.1, -0.05) is 11.2 Å². The molecule has 1 fully saturated rings. The van der Waals surface area contributed by atoms with E-state index in [0.717, 1.165) is 5.56 Å². The van der Waals surface area contributed by atoms with Crippen molar-refractivity contribution >= 4 is 0 Å². The fourth-order valence-electron chi connectivity index (χ4n) is 2.16. The van der Waals surface area contributed by atoms with E-state index >= 15 is 0 Å². The van der Waals surface area contributed by atoms with Crippen molar-refractivity contribution in [3.05, 3.63) is 41.8 Å². The number of hydrogen-bond donors (Lipinski definition) is 1. The summed E-state index contributed by atoms with van der Waals surface area (Å²) in [6.07, 6.45) is 5.55. The molecule has 1 aliphatic heterocycles. The molecule has 3 rings (SSSR count). The van der Waals surface area contributed by atoms with Crippen LogP contribution in [0.25, 0.3) is 0 Å². The fraction of sp³-hybridized carbons (Fsp3) is 0.462. The van der Waals surface area contributed by atoms with Crippen LogP contribution in [0.3, 0.4) is 0 Å². The lowest BCUT2D eigenvalue weighted by atomic mass is 9.91. The lowest BCUT2D eigenvalue weighted by Crippen LogP contribution is -2.42. The Kier molecular flexibility index (Phi) is 3.27. The maximum absolute atomic E-state index is 6.30. The Morgan fingerprint density at radius 1 is 1.32 bits per heavy atom. The largest absolute Gasteiger partial charge is 0.381 e. The van der Waals surface area contributed by atoms with Crippen LogP contribution in [0.1, 0.15) is 30.1 Å². The lowest BCUT2D eigenvalue weighted by Gasteiger charge is -2.29. The number of pyridine rings is 1. The van der Waals surface area contributed by atoms with Crippen LogP contribution in [0.5, 0.6) is 0 Å². The van der Waals surface area contributed by atoms with E-state index in [1.165, 1.54) is 0 Å². The minimum atomic E-state index is -0.543. The molecule has 6 heteroatoms. The van der Waals surface area contributed by atoms with Crippen LogP contribution in [0.15, 0.2) is 29.0 Å². The van der Waals surface area contributed by atoms with E-state index in [1.807, 2.05) is 12.1 Å². The van der Waals surface area contributed by atoms with E-state index in [4.69, 9.17) is 15.0 Å². The average molecular weight is 260 g/mol. The monoisotopic (exact) mass is 260 g/mol. The summed E-state index contributed by atoms with van der Waals surface area (Å²) in [7, 11) is 0. The van der Waals surface area contributed by atoms with E-state index in [1.54, 1.807) is 12.4 Å². The predicted octanol–water partition coefficient (Wildman–Crippen LogP) is 1.02. The fourth-order valence-corrected chi connectivity index (χ4v) is 2.16. The second-order valence-corrected chi connectivity index (χ2v) is 4.82. The van der Waals surface area contributed by atoms with Crippen LogP contribution >= 0.6 is 0 Å². The standard InChI is InChI=1S/C13H16N4O2/c14-13(3-6-18-7-4-13)12-16-11(17-19-12)8-10-2-1-5-15-9-10/h1-2,5,9H,3-4,6-8,14H2. The van der Waals surface area contributed by atoms with E-state index in [0.29, 0.717) is 44.2 Å². The maximum Gasteiger partial charge on any atom is 0.246 e. The Balaban J connectivity index is 1.76. The molecule has 0 amide bonds. The number of aromatic nitrogens is 3. The highest BCUT2D eigenvalue weighted by atomic mass is 16.5. The summed E-state index contributed by atoms with van der Waals surface area (Å²) in [5, 5.41) is 4.00. The number of hydrogen-bond acceptors (Lipinski definition) is 6. The zero-order chi connectivity index (χ0) is 13.1. The van der Waals surface area contributed by atoms with Crippen molar-refractivity contribution in [1.82, 2.24) is 15.1 Å². The van der Waals surface area contributed by atoms with Crippen LogP contribution in [0.4, 0.5) is 0 Å². The van der Waals surface area contributed by atoms with Crippen molar-refractivity contribution in [2.24, 2.45) is 5.73 Å². The Hall–Kier alpha value is -1.79. The Labute approximate surface area is 111 Å². The first-order valence-corrected chi connectivity index (χ1v) is 6.35. The predicted molar refractivity (Wildman–Crippen MR) is 67.3 cm³/mol. The number of ether oxygens (including phenoxy) is 1. The summed E-state index contributed by atoms with van der Waals surface area (Å²) >= 11 is 0. The Bertz CT molecular complexity index is 535. The molecule has 0 unspecified atom stereocenters. The van der Waals surface area contributed by atoms with Gasteiger partial charge in [0.2, 0.25) is 5.89 Å². The van der Waals surface area contributed by atoms with Crippen LogP contribution in [-0.4, -0.2) is 28.3 Å². The summed E-state index contributed by atoms with van der Waals surface area (Å²) in [6, 6.07) is 3.87. The minimum Gasteiger partial charge on any atom is -0.381 e. The average Bonchev–Trinajstić information content (AvgIpc) is 2.90. The summed E-state index contributed by atoms with van der Waals surface area (Å²) in [5.41, 5.74) is 6.80. The third-order valence-electron chi connectivity index (χ3n) is 3.36. The van der Waals surface area contributed by atoms with Crippen LogP contribution < -0.4 is 5.73 Å². The molecule has 0 aliphatic carbocycles. The van der Waals surface area contributed by atoms with Gasteiger partial charge in [0, 0.05) is 32.0 Å². The van der Waals surface area contributed by atoms with Crippen LogP contribution in [0.2, 0.25) is 0 Å². The molecule has 0 saturated carbocycles. The van der Waals surface area contributed by atoms with Gasteiger partial charge in [-0.15, -0.1) is 0 Å². The molecule has 0 bridgehead atoms. The molecule has 2 aromatic rings. The second kappa shape index (κ2) is 5.07. The topological polar surface area (TPSA) is 87.1 Å². The molecule has 6 nitrogen and oxygen atoms in total. The van der Waals surface area contributed by atoms with Crippen molar-refractivity contribution in [2.75, 3.05) is 13.2 Å². The smallest absolute Gasteiger partial charge is 0.246 e. The molecule has 100 valence electrons. The minimum absolute atomic E-state index is 0.509. The molecule has 0 spiro atoms. The highest BCUT2D eigenvalue weighted by molar-refractivity contribution is 5.14. The number of nitrogens with two attached hydrogens (primary N) is 1. The third-order valence-corrected chi connectivity index (χ3v) is 3.36. The number of rotatable bonds is 3. The molecule has 0 aromatic carbocycles. The van der Waals surface area contributed by atoms with Gasteiger partial charge in [-0.25, -0.2) is 0 Å². The van der Waals surface area contributed by atoms with E-state index < -0.39 is 5.54 Å². The van der Waals surface area contributed by atoms with Crippen LogP contribution in [-0.2, 0) is 16.7 Å². The first kappa shape index (κ1) is 12.3. The summed E-state index contributed by atoms with van der Waals surface area (Å²) in [5.74, 6) is 1.15. The van der Waals surface area contributed by atoms with Gasteiger partial charge in [0.1, 0.15) is 5.54 Å². The van der Waals surface area contributed by atoms with E-state index in [2.05, 4.69) is 15.1 Å². The quantitative estimate of drug-likeness (QED) is 0.886. The maximum atomic E-state index is 6.30. The summed E-state index contributed by atoms with van der Waals surface area (Å²) < 4.78 is 10.6. The first-order valence-electron chi connectivity index (χ1n) is 6.35. The third kappa shape index (κ3) is 2.64. The van der Waals surface area contributed by atoms with Gasteiger partial charge < -0.3 is 15.0 Å². The molecule has 0 atom stereocenters. The lowest BCUT2D eigenvalue weighted by molar-refractivity contribution is 0.0400. The van der Waals surface area contributed by atoms with Crippen LogP contribution in [0, 0.1) is 0 Å². The van der Waals surface area contributed by atoms with Crippen molar-refractivity contribution < 1.29 is 9.26 Å². The molecular weight excluding hydrogens is 244 g/mol. The molecule has 1 saturated heterocycles. The van der Waals surface area contributed by atoms with Gasteiger partial charge in [0.25, 0.3) is 0 Å². The highest BCUT2D eigenvalue weighted by Gasteiger charge is 2.35. The highest BCUT2D eigenvalue weighted by Crippen LogP contribution is 2.28. The second-order valence-electron chi connectivity index (χ2n) is 4.82. The molecule has 0 radical (unpaired) electrons. The molecule has 19 heavy (non-hydrogen) atoms. The molecule has 3 heterocycles. The molecule has 2 N–H and O–H groups in total. The molecule has 1 aliphatic rings.